The number of esters is 1. The zero-order chi connectivity index (χ0) is 14.5. The topological polar surface area (TPSA) is 56.8 Å². The number of carbonyl (C=O) groups is 1. The molecule has 2 rings (SSSR count). The average Bonchev–Trinajstić information content (AvgIpc) is 2.68. The van der Waals surface area contributed by atoms with Gasteiger partial charge in [-0.2, -0.15) is 0 Å². The van der Waals surface area contributed by atoms with Gasteiger partial charge in [0.25, 0.3) is 0 Å². The largest absolute Gasteiger partial charge is 0.490 e. The van der Waals surface area contributed by atoms with Gasteiger partial charge in [0.2, 0.25) is 0 Å². The molecule has 110 valence electrons. The number of carbonyl (C=O) groups excluding carboxylic acids is 1. The second-order valence-corrected chi connectivity index (χ2v) is 5.03. The van der Waals surface area contributed by atoms with Crippen molar-refractivity contribution in [2.24, 2.45) is 0 Å². The highest BCUT2D eigenvalue weighted by Gasteiger charge is 2.23. The molecule has 0 amide bonds. The van der Waals surface area contributed by atoms with Gasteiger partial charge in [-0.05, 0) is 31.5 Å². The third-order valence-corrected chi connectivity index (χ3v) is 3.04. The Morgan fingerprint density at radius 2 is 1.95 bits per heavy atom. The van der Waals surface area contributed by atoms with Gasteiger partial charge >= 0.3 is 5.97 Å². The van der Waals surface area contributed by atoms with E-state index in [2.05, 4.69) is 5.32 Å². The van der Waals surface area contributed by atoms with Gasteiger partial charge in [-0.15, -0.1) is 0 Å². The maximum Gasteiger partial charge on any atom is 0.327 e. The summed E-state index contributed by atoms with van der Waals surface area (Å²) in [4.78, 5) is 11.9. The van der Waals surface area contributed by atoms with E-state index in [1.54, 1.807) is 0 Å². The first-order valence-electron chi connectivity index (χ1n) is 6.85. The molecule has 0 bridgehead atoms. The first kappa shape index (κ1) is 14.7. The van der Waals surface area contributed by atoms with E-state index < -0.39 is 6.04 Å². The smallest absolute Gasteiger partial charge is 0.327 e. The molecule has 0 aliphatic carbocycles. The SMILES string of the molecule is COC(=O)C(NC(C)C)c1ccc2c(c1)OCCCO2. The fourth-order valence-electron chi connectivity index (χ4n) is 2.11. The second kappa shape index (κ2) is 6.61. The first-order chi connectivity index (χ1) is 9.61. The normalized spacial score (nSPS) is 15.6. The van der Waals surface area contributed by atoms with Gasteiger partial charge < -0.3 is 14.2 Å². The third-order valence-electron chi connectivity index (χ3n) is 3.04. The Labute approximate surface area is 119 Å². The number of fused-ring (bicyclic) bond motifs is 1. The molecule has 0 fully saturated rings. The van der Waals surface area contributed by atoms with Crippen LogP contribution < -0.4 is 14.8 Å². The Bertz CT molecular complexity index is 473. The lowest BCUT2D eigenvalue weighted by molar-refractivity contribution is -0.143. The minimum absolute atomic E-state index is 0.162. The quantitative estimate of drug-likeness (QED) is 0.855. The van der Waals surface area contributed by atoms with Crippen molar-refractivity contribution in [3.8, 4) is 11.5 Å². The molecule has 0 spiro atoms. The summed E-state index contributed by atoms with van der Waals surface area (Å²) in [7, 11) is 1.39. The molecule has 0 saturated heterocycles. The molecule has 20 heavy (non-hydrogen) atoms. The van der Waals surface area contributed by atoms with Crippen LogP contribution >= 0.6 is 0 Å². The number of rotatable bonds is 4. The molecular formula is C15H21NO4. The third kappa shape index (κ3) is 3.42. The van der Waals surface area contributed by atoms with Crippen LogP contribution in [-0.2, 0) is 9.53 Å². The molecule has 1 unspecified atom stereocenters. The minimum Gasteiger partial charge on any atom is -0.490 e. The van der Waals surface area contributed by atoms with Crippen LogP contribution in [0.4, 0.5) is 0 Å². The summed E-state index contributed by atoms with van der Waals surface area (Å²) in [5, 5.41) is 3.20. The van der Waals surface area contributed by atoms with Crippen LogP contribution in [0.2, 0.25) is 0 Å². The summed E-state index contributed by atoms with van der Waals surface area (Å²) in [6.07, 6.45) is 0.856. The maximum atomic E-state index is 11.9. The monoisotopic (exact) mass is 279 g/mol. The Balaban J connectivity index is 2.28. The number of methoxy groups -OCH3 is 1. The van der Waals surface area contributed by atoms with Gasteiger partial charge in [0.1, 0.15) is 6.04 Å². The fraction of sp³-hybridized carbons (Fsp3) is 0.533. The van der Waals surface area contributed by atoms with Crippen molar-refractivity contribution in [1.82, 2.24) is 5.32 Å². The van der Waals surface area contributed by atoms with E-state index in [4.69, 9.17) is 14.2 Å². The zero-order valence-corrected chi connectivity index (χ0v) is 12.1. The zero-order valence-electron chi connectivity index (χ0n) is 12.1. The van der Waals surface area contributed by atoms with E-state index in [1.165, 1.54) is 7.11 Å². The second-order valence-electron chi connectivity index (χ2n) is 5.03. The molecular weight excluding hydrogens is 258 g/mol. The number of benzene rings is 1. The van der Waals surface area contributed by atoms with E-state index in [0.29, 0.717) is 19.0 Å². The van der Waals surface area contributed by atoms with E-state index in [-0.39, 0.29) is 12.0 Å². The van der Waals surface area contributed by atoms with Crippen molar-refractivity contribution in [1.29, 1.82) is 0 Å². The average molecular weight is 279 g/mol. The fourth-order valence-corrected chi connectivity index (χ4v) is 2.11. The molecule has 5 heteroatoms. The van der Waals surface area contributed by atoms with Crippen molar-refractivity contribution in [2.75, 3.05) is 20.3 Å². The predicted octanol–water partition coefficient (Wildman–Crippen LogP) is 2.06. The van der Waals surface area contributed by atoms with Gasteiger partial charge in [0.15, 0.2) is 11.5 Å². The van der Waals surface area contributed by atoms with Crippen LogP contribution in [0.3, 0.4) is 0 Å². The van der Waals surface area contributed by atoms with Gasteiger partial charge in [-0.3, -0.25) is 5.32 Å². The predicted molar refractivity (Wildman–Crippen MR) is 75.1 cm³/mol. The molecule has 1 aliphatic rings. The van der Waals surface area contributed by atoms with E-state index in [9.17, 15) is 4.79 Å². The summed E-state index contributed by atoms with van der Waals surface area (Å²) in [6.45, 7) is 5.24. The molecule has 0 aromatic heterocycles. The van der Waals surface area contributed by atoms with Gasteiger partial charge in [-0.1, -0.05) is 6.07 Å². The summed E-state index contributed by atoms with van der Waals surface area (Å²) >= 11 is 0. The molecule has 0 radical (unpaired) electrons. The van der Waals surface area contributed by atoms with Crippen molar-refractivity contribution >= 4 is 5.97 Å². The van der Waals surface area contributed by atoms with Gasteiger partial charge in [0.05, 0.1) is 20.3 Å². The Hall–Kier alpha value is -1.75. The Morgan fingerprint density at radius 3 is 2.60 bits per heavy atom. The highest BCUT2D eigenvalue weighted by Crippen LogP contribution is 2.32. The van der Waals surface area contributed by atoms with Crippen LogP contribution in [-0.4, -0.2) is 32.3 Å². The summed E-state index contributed by atoms with van der Waals surface area (Å²) in [5.74, 6) is 1.09. The lowest BCUT2D eigenvalue weighted by atomic mass is 10.1. The van der Waals surface area contributed by atoms with Crippen LogP contribution in [0, 0.1) is 0 Å². The van der Waals surface area contributed by atoms with Crippen molar-refractivity contribution in [2.45, 2.75) is 32.4 Å². The summed E-state index contributed by atoms with van der Waals surface area (Å²) in [6, 6.07) is 5.21. The number of hydrogen-bond acceptors (Lipinski definition) is 5. The van der Waals surface area contributed by atoms with Crippen molar-refractivity contribution in [3.05, 3.63) is 23.8 Å². The lowest BCUT2D eigenvalue weighted by Crippen LogP contribution is -2.34. The Kier molecular flexibility index (Phi) is 4.84. The molecule has 1 aromatic carbocycles. The molecule has 0 saturated carbocycles. The molecule has 1 N–H and O–H groups in total. The van der Waals surface area contributed by atoms with Crippen LogP contribution in [0.5, 0.6) is 11.5 Å². The highest BCUT2D eigenvalue weighted by atomic mass is 16.5. The molecule has 1 aromatic rings. The summed E-state index contributed by atoms with van der Waals surface area (Å²) < 4.78 is 16.1. The minimum atomic E-state index is -0.503. The number of nitrogens with one attached hydrogen (secondary N) is 1. The standard InChI is InChI=1S/C15H21NO4/c1-10(2)16-14(15(17)18-3)11-5-6-12-13(9-11)20-8-4-7-19-12/h5-6,9-10,14,16H,4,7-8H2,1-3H3. The van der Waals surface area contributed by atoms with Gasteiger partial charge in [0, 0.05) is 12.5 Å². The van der Waals surface area contributed by atoms with Crippen LogP contribution in [0.25, 0.3) is 0 Å². The van der Waals surface area contributed by atoms with E-state index in [0.717, 1.165) is 17.7 Å². The molecule has 5 nitrogen and oxygen atoms in total. The maximum absolute atomic E-state index is 11.9. The first-order valence-corrected chi connectivity index (χ1v) is 6.85. The number of hydrogen-bond donors (Lipinski definition) is 1. The summed E-state index contributed by atoms with van der Waals surface area (Å²) in [5.41, 5.74) is 0.815. The Morgan fingerprint density at radius 1 is 1.25 bits per heavy atom. The lowest BCUT2D eigenvalue weighted by Gasteiger charge is -2.20. The van der Waals surface area contributed by atoms with Crippen LogP contribution in [0.1, 0.15) is 31.9 Å². The number of ether oxygens (including phenoxy) is 3. The highest BCUT2D eigenvalue weighted by molar-refractivity contribution is 5.78. The van der Waals surface area contributed by atoms with Gasteiger partial charge in [-0.25, -0.2) is 4.79 Å². The molecule has 1 heterocycles. The van der Waals surface area contributed by atoms with Crippen molar-refractivity contribution in [3.63, 3.8) is 0 Å². The molecule has 1 aliphatic heterocycles. The van der Waals surface area contributed by atoms with Crippen LogP contribution in [0.15, 0.2) is 18.2 Å². The van der Waals surface area contributed by atoms with E-state index >= 15 is 0 Å². The van der Waals surface area contributed by atoms with Crippen molar-refractivity contribution < 1.29 is 19.0 Å². The van der Waals surface area contributed by atoms with E-state index in [1.807, 2.05) is 32.0 Å². The molecule has 1 atom stereocenters.